The van der Waals surface area contributed by atoms with Crippen LogP contribution in [0.5, 0.6) is 0 Å². The fourth-order valence-electron chi connectivity index (χ4n) is 1.81. The molecule has 1 unspecified atom stereocenters. The summed E-state index contributed by atoms with van der Waals surface area (Å²) in [6.45, 7) is 0. The van der Waals surface area contributed by atoms with E-state index in [0.717, 1.165) is 18.6 Å². The molecule has 92 valence electrons. The third kappa shape index (κ3) is 3.03. The van der Waals surface area contributed by atoms with Gasteiger partial charge in [-0.1, -0.05) is 0 Å². The summed E-state index contributed by atoms with van der Waals surface area (Å²) >= 11 is 1.88. The number of nitrogens with two attached hydrogens (primary N) is 1. The van der Waals surface area contributed by atoms with Crippen LogP contribution >= 0.6 is 11.8 Å². The number of aromatic nitrogens is 1. The molecule has 1 aliphatic heterocycles. The van der Waals surface area contributed by atoms with Gasteiger partial charge in [0.2, 0.25) is 0 Å². The number of aromatic carboxylic acids is 1. The lowest BCUT2D eigenvalue weighted by molar-refractivity contribution is 0.0697. The van der Waals surface area contributed by atoms with E-state index in [2.05, 4.69) is 10.3 Å². The molecule has 17 heavy (non-hydrogen) atoms. The maximum atomic E-state index is 11.1. The molecule has 2 rings (SSSR count). The predicted octanol–water partition coefficient (Wildman–Crippen LogP) is 1.67. The van der Waals surface area contributed by atoms with Crippen molar-refractivity contribution in [1.82, 2.24) is 4.98 Å². The normalized spacial score (nSPS) is 19.9. The number of nitrogens with one attached hydrogen (secondary N) is 1. The van der Waals surface area contributed by atoms with Crippen LogP contribution in [0.2, 0.25) is 0 Å². The lowest BCUT2D eigenvalue weighted by atomic mass is 10.1. The van der Waals surface area contributed by atoms with Gasteiger partial charge >= 0.3 is 5.97 Å². The van der Waals surface area contributed by atoms with E-state index < -0.39 is 5.97 Å². The van der Waals surface area contributed by atoms with Crippen LogP contribution in [0.3, 0.4) is 0 Å². The highest BCUT2D eigenvalue weighted by molar-refractivity contribution is 7.99. The number of rotatable bonds is 3. The number of carbonyl (C=O) groups is 1. The first kappa shape index (κ1) is 12.0. The fraction of sp³-hybridized carbons (Fsp3) is 0.455. The van der Waals surface area contributed by atoms with E-state index in [9.17, 15) is 4.79 Å². The topological polar surface area (TPSA) is 88.2 Å². The van der Waals surface area contributed by atoms with E-state index in [1.165, 1.54) is 18.0 Å². The highest BCUT2D eigenvalue weighted by Crippen LogP contribution is 2.22. The monoisotopic (exact) mass is 253 g/mol. The van der Waals surface area contributed by atoms with Crippen molar-refractivity contribution in [2.75, 3.05) is 22.6 Å². The summed E-state index contributed by atoms with van der Waals surface area (Å²) in [6, 6.07) is 1.73. The van der Waals surface area contributed by atoms with Gasteiger partial charge in [0, 0.05) is 11.8 Å². The molecule has 6 heteroatoms. The first-order valence-electron chi connectivity index (χ1n) is 5.50. The first-order valence-corrected chi connectivity index (χ1v) is 6.65. The summed E-state index contributed by atoms with van der Waals surface area (Å²) in [6.07, 6.45) is 3.68. The Balaban J connectivity index is 2.16. The molecule has 0 amide bonds. The third-order valence-corrected chi connectivity index (χ3v) is 3.86. The Morgan fingerprint density at radius 2 is 2.47 bits per heavy atom. The molecule has 5 nitrogen and oxygen atoms in total. The lowest BCUT2D eigenvalue weighted by Gasteiger charge is -2.23. The van der Waals surface area contributed by atoms with Gasteiger partial charge in [0.1, 0.15) is 11.4 Å². The lowest BCUT2D eigenvalue weighted by Crippen LogP contribution is -2.27. The molecule has 1 atom stereocenters. The van der Waals surface area contributed by atoms with Crippen molar-refractivity contribution in [3.05, 3.63) is 17.8 Å². The Bertz CT molecular complexity index is 419. The first-order chi connectivity index (χ1) is 8.16. The Labute approximate surface area is 104 Å². The van der Waals surface area contributed by atoms with E-state index in [1.54, 1.807) is 0 Å². The number of hydrogen-bond donors (Lipinski definition) is 3. The zero-order valence-electron chi connectivity index (χ0n) is 9.35. The summed E-state index contributed by atoms with van der Waals surface area (Å²) in [5.41, 5.74) is 6.05. The van der Waals surface area contributed by atoms with Crippen LogP contribution in [0.1, 0.15) is 23.2 Å². The molecule has 1 aromatic rings. The van der Waals surface area contributed by atoms with Gasteiger partial charge in [0.15, 0.2) is 0 Å². The van der Waals surface area contributed by atoms with Crippen molar-refractivity contribution in [3.8, 4) is 0 Å². The second-order valence-electron chi connectivity index (χ2n) is 4.03. The smallest absolute Gasteiger partial charge is 0.339 e. The van der Waals surface area contributed by atoms with Crippen LogP contribution in [-0.4, -0.2) is 33.6 Å². The number of hydrogen-bond acceptors (Lipinski definition) is 5. The molecular weight excluding hydrogens is 238 g/mol. The molecule has 1 aromatic heterocycles. The number of nitrogen functional groups attached to an aromatic ring is 1. The molecule has 0 bridgehead atoms. The van der Waals surface area contributed by atoms with Gasteiger partial charge in [-0.15, -0.1) is 0 Å². The van der Waals surface area contributed by atoms with Gasteiger partial charge in [0.25, 0.3) is 0 Å². The fourth-order valence-corrected chi connectivity index (χ4v) is 2.88. The molecule has 1 saturated heterocycles. The van der Waals surface area contributed by atoms with Crippen molar-refractivity contribution in [2.45, 2.75) is 18.9 Å². The second-order valence-corrected chi connectivity index (χ2v) is 5.18. The van der Waals surface area contributed by atoms with Gasteiger partial charge in [-0.05, 0) is 24.7 Å². The Hall–Kier alpha value is -1.43. The number of carboxylic acid groups (broad SMARTS) is 1. The van der Waals surface area contributed by atoms with Gasteiger partial charge in [0.05, 0.1) is 11.9 Å². The number of nitrogens with zero attached hydrogens (tertiary/aromatic N) is 1. The van der Waals surface area contributed by atoms with Crippen LogP contribution in [0, 0.1) is 0 Å². The molecule has 0 aromatic carbocycles. The van der Waals surface area contributed by atoms with Crippen molar-refractivity contribution >= 4 is 29.2 Å². The predicted molar refractivity (Wildman–Crippen MR) is 69.6 cm³/mol. The number of carboxylic acids is 1. The van der Waals surface area contributed by atoms with Crippen molar-refractivity contribution in [2.24, 2.45) is 0 Å². The van der Waals surface area contributed by atoms with E-state index in [0.29, 0.717) is 17.5 Å². The minimum Gasteiger partial charge on any atom is -0.478 e. The largest absolute Gasteiger partial charge is 0.478 e. The van der Waals surface area contributed by atoms with E-state index in [1.807, 2.05) is 11.8 Å². The zero-order chi connectivity index (χ0) is 12.3. The standard InChI is InChI=1S/C11H15N3O2S/c12-7-4-9(11(15)16)10(13-5-7)14-8-2-1-3-17-6-8/h4-5,8H,1-3,6,12H2,(H,13,14)(H,15,16). The van der Waals surface area contributed by atoms with Gasteiger partial charge in [-0.3, -0.25) is 0 Å². The summed E-state index contributed by atoms with van der Waals surface area (Å²) in [7, 11) is 0. The van der Waals surface area contributed by atoms with Crippen molar-refractivity contribution in [1.29, 1.82) is 0 Å². The van der Waals surface area contributed by atoms with Crippen molar-refractivity contribution < 1.29 is 9.90 Å². The van der Waals surface area contributed by atoms with Gasteiger partial charge in [-0.25, -0.2) is 9.78 Å². The molecule has 0 saturated carbocycles. The van der Waals surface area contributed by atoms with Crippen molar-refractivity contribution in [3.63, 3.8) is 0 Å². The maximum absolute atomic E-state index is 11.1. The Kier molecular flexibility index (Phi) is 3.73. The second kappa shape index (κ2) is 5.27. The molecular formula is C11H15N3O2S. The van der Waals surface area contributed by atoms with Crippen LogP contribution < -0.4 is 11.1 Å². The average Bonchev–Trinajstić information content (AvgIpc) is 2.32. The SMILES string of the molecule is Nc1cnc(NC2CCCSC2)c(C(=O)O)c1. The van der Waals surface area contributed by atoms with Crippen LogP contribution in [0.25, 0.3) is 0 Å². The highest BCUT2D eigenvalue weighted by atomic mass is 32.2. The molecule has 4 N–H and O–H groups in total. The molecule has 1 aliphatic rings. The number of thioether (sulfide) groups is 1. The number of anilines is 2. The number of pyridine rings is 1. The van der Waals surface area contributed by atoms with Crippen LogP contribution in [-0.2, 0) is 0 Å². The van der Waals surface area contributed by atoms with Crippen LogP contribution in [0.15, 0.2) is 12.3 Å². The van der Waals surface area contributed by atoms with E-state index >= 15 is 0 Å². The summed E-state index contributed by atoms with van der Waals surface area (Å²) in [5, 5.41) is 12.3. The van der Waals surface area contributed by atoms with Gasteiger partial charge < -0.3 is 16.2 Å². The van der Waals surface area contributed by atoms with E-state index in [-0.39, 0.29) is 5.56 Å². The molecule has 0 aliphatic carbocycles. The minimum atomic E-state index is -1.00. The highest BCUT2D eigenvalue weighted by Gasteiger charge is 2.18. The molecule has 1 fully saturated rings. The summed E-state index contributed by atoms with van der Waals surface area (Å²) in [4.78, 5) is 15.1. The molecule has 0 radical (unpaired) electrons. The Morgan fingerprint density at radius 1 is 1.65 bits per heavy atom. The molecule has 2 heterocycles. The van der Waals surface area contributed by atoms with E-state index in [4.69, 9.17) is 10.8 Å². The third-order valence-electron chi connectivity index (χ3n) is 2.64. The average molecular weight is 253 g/mol. The summed E-state index contributed by atoms with van der Waals surface area (Å²) < 4.78 is 0. The Morgan fingerprint density at radius 3 is 3.12 bits per heavy atom. The van der Waals surface area contributed by atoms with Crippen LogP contribution in [0.4, 0.5) is 11.5 Å². The molecule has 0 spiro atoms. The minimum absolute atomic E-state index is 0.139. The maximum Gasteiger partial charge on any atom is 0.339 e. The zero-order valence-corrected chi connectivity index (χ0v) is 10.2. The van der Waals surface area contributed by atoms with Gasteiger partial charge in [-0.2, -0.15) is 11.8 Å². The summed E-state index contributed by atoms with van der Waals surface area (Å²) in [5.74, 6) is 1.58. The quantitative estimate of drug-likeness (QED) is 0.759.